The minimum absolute atomic E-state index is 0.183. The predicted octanol–water partition coefficient (Wildman–Crippen LogP) is 2.17. The van der Waals surface area contributed by atoms with E-state index in [1.807, 2.05) is 0 Å². The van der Waals surface area contributed by atoms with Gasteiger partial charge in [0.25, 0.3) is 0 Å². The lowest BCUT2D eigenvalue weighted by Crippen LogP contribution is -2.50. The lowest BCUT2D eigenvalue weighted by Gasteiger charge is -2.28. The number of hydrogen-bond donors (Lipinski definition) is 1. The highest BCUT2D eigenvalue weighted by molar-refractivity contribution is 6.41. The van der Waals surface area contributed by atoms with Gasteiger partial charge in [0.15, 0.2) is 0 Å². The molecule has 0 unspecified atom stereocenters. The van der Waals surface area contributed by atoms with Crippen molar-refractivity contribution < 1.29 is 13.9 Å². The molecule has 2 aromatic carbocycles. The van der Waals surface area contributed by atoms with Gasteiger partial charge in [-0.15, -0.1) is 0 Å². The van der Waals surface area contributed by atoms with Crippen LogP contribution in [0.25, 0.3) is 11.1 Å². The molecule has 0 fully saturated rings. The van der Waals surface area contributed by atoms with Crippen molar-refractivity contribution in [2.75, 3.05) is 7.11 Å². The number of hydrogen-bond acceptors (Lipinski definition) is 2. The molecule has 0 heterocycles. The average Bonchev–Trinajstić information content (AvgIpc) is 2.45. The van der Waals surface area contributed by atoms with Gasteiger partial charge in [0.2, 0.25) is 5.91 Å². The van der Waals surface area contributed by atoms with Crippen molar-refractivity contribution in [1.82, 2.24) is 5.32 Å². The van der Waals surface area contributed by atoms with Gasteiger partial charge in [-0.3, -0.25) is 4.79 Å². The normalized spacial score (nSPS) is 11.1. The minimum atomic E-state index is -1.40. The summed E-state index contributed by atoms with van der Waals surface area (Å²) in [6.07, 6.45) is 0.183. The van der Waals surface area contributed by atoms with Gasteiger partial charge in [0.1, 0.15) is 11.6 Å². The quantitative estimate of drug-likeness (QED) is 0.860. The average molecular weight is 307 g/mol. The minimum Gasteiger partial charge on any atom is -0.497 e. The Hall–Kier alpha value is -2.23. The lowest BCUT2D eigenvalue weighted by atomic mass is 9.58. The van der Waals surface area contributed by atoms with E-state index in [1.54, 1.807) is 37.4 Å². The Morgan fingerprint density at radius 2 is 2.00 bits per heavy atom. The molecule has 4 radical (unpaired) electrons. The van der Waals surface area contributed by atoms with Crippen molar-refractivity contribution in [3.63, 3.8) is 0 Å². The van der Waals surface area contributed by atoms with Crippen LogP contribution in [0.3, 0.4) is 0 Å². The van der Waals surface area contributed by atoms with Crippen LogP contribution in [0, 0.1) is 5.82 Å². The van der Waals surface area contributed by atoms with Gasteiger partial charge >= 0.3 is 0 Å². The summed E-state index contributed by atoms with van der Waals surface area (Å²) >= 11 is 0. The molecule has 0 saturated carbocycles. The van der Waals surface area contributed by atoms with Gasteiger partial charge in [-0.1, -0.05) is 18.2 Å². The van der Waals surface area contributed by atoms with Gasteiger partial charge < -0.3 is 10.1 Å². The number of benzene rings is 2. The summed E-state index contributed by atoms with van der Waals surface area (Å²) in [5.74, 6) is -0.0344. The molecule has 0 saturated heterocycles. The van der Waals surface area contributed by atoms with E-state index in [9.17, 15) is 9.18 Å². The zero-order valence-electron chi connectivity index (χ0n) is 13.1. The topological polar surface area (TPSA) is 38.3 Å². The number of nitrogens with one attached hydrogen (secondary N) is 1. The maximum atomic E-state index is 13.5. The molecule has 114 valence electrons. The number of ether oxygens (including phenoxy) is 1. The molecule has 0 aliphatic heterocycles. The van der Waals surface area contributed by atoms with Gasteiger partial charge in [-0.2, -0.15) is 0 Å². The molecule has 2 aromatic rings. The molecule has 6 heteroatoms. The number of carbonyl (C=O) groups excluding carboxylic acids is 1. The fourth-order valence-electron chi connectivity index (χ4n) is 2.45. The van der Waals surface area contributed by atoms with Crippen molar-refractivity contribution in [1.29, 1.82) is 0 Å². The second kappa shape index (κ2) is 6.90. The standard InChI is InChI=1S/C17H16B2FNO2/c1-11(22)21-17(18,19)10-13-6-7-15(23-2)9-16(13)12-4-3-5-14(20)8-12/h3-9H,10H2,1-2H3,(H,21,22). The van der Waals surface area contributed by atoms with Gasteiger partial charge in [0.05, 0.1) is 22.8 Å². The predicted molar refractivity (Wildman–Crippen MR) is 90.1 cm³/mol. The van der Waals surface area contributed by atoms with Crippen molar-refractivity contribution in [3.05, 3.63) is 53.8 Å². The Labute approximate surface area is 138 Å². The maximum Gasteiger partial charge on any atom is 0.215 e. The molecule has 0 bridgehead atoms. The SMILES string of the molecule is [B]C([B])(Cc1ccc(OC)cc1-c1cccc(F)c1)NC(C)=O. The number of carbonyl (C=O) groups is 1. The first-order valence-electron chi connectivity index (χ1n) is 7.10. The highest BCUT2D eigenvalue weighted by Crippen LogP contribution is 2.30. The summed E-state index contributed by atoms with van der Waals surface area (Å²) in [6.45, 7) is 1.34. The first kappa shape index (κ1) is 17.1. The fraction of sp³-hybridized carbons (Fsp3) is 0.235. The fourth-order valence-corrected chi connectivity index (χ4v) is 2.45. The molecule has 23 heavy (non-hydrogen) atoms. The van der Waals surface area contributed by atoms with Crippen LogP contribution in [-0.2, 0) is 11.2 Å². The summed E-state index contributed by atoms with van der Waals surface area (Å²) in [5.41, 5.74) is 2.20. The molecule has 0 aliphatic rings. The molecule has 0 spiro atoms. The Balaban J connectivity index is 2.45. The molecular formula is C17H16B2FNO2. The number of rotatable bonds is 5. The van der Waals surface area contributed by atoms with E-state index in [-0.39, 0.29) is 18.1 Å². The van der Waals surface area contributed by atoms with E-state index < -0.39 is 5.34 Å². The first-order chi connectivity index (χ1) is 10.8. The van der Waals surface area contributed by atoms with Crippen molar-refractivity contribution in [2.24, 2.45) is 0 Å². The van der Waals surface area contributed by atoms with Crippen LogP contribution in [0.15, 0.2) is 42.5 Å². The lowest BCUT2D eigenvalue weighted by molar-refractivity contribution is -0.119. The van der Waals surface area contributed by atoms with E-state index in [0.717, 1.165) is 11.1 Å². The molecular weight excluding hydrogens is 291 g/mol. The van der Waals surface area contributed by atoms with Crippen LogP contribution in [-0.4, -0.2) is 34.0 Å². The Kier molecular flexibility index (Phi) is 5.14. The van der Waals surface area contributed by atoms with Crippen LogP contribution in [0.2, 0.25) is 0 Å². The highest BCUT2D eigenvalue weighted by Gasteiger charge is 2.20. The van der Waals surface area contributed by atoms with Crippen molar-refractivity contribution in [2.45, 2.75) is 18.7 Å². The van der Waals surface area contributed by atoms with Crippen molar-refractivity contribution in [3.8, 4) is 16.9 Å². The highest BCUT2D eigenvalue weighted by atomic mass is 19.1. The third kappa shape index (κ3) is 4.62. The van der Waals surface area contributed by atoms with Gasteiger partial charge in [0, 0.05) is 6.92 Å². The molecule has 3 nitrogen and oxygen atoms in total. The third-order valence-electron chi connectivity index (χ3n) is 3.34. The largest absolute Gasteiger partial charge is 0.497 e. The van der Waals surface area contributed by atoms with Crippen LogP contribution < -0.4 is 10.1 Å². The van der Waals surface area contributed by atoms with E-state index in [1.165, 1.54) is 19.1 Å². The smallest absolute Gasteiger partial charge is 0.215 e. The van der Waals surface area contributed by atoms with E-state index in [0.29, 0.717) is 11.3 Å². The second-order valence-corrected chi connectivity index (χ2v) is 5.43. The number of methoxy groups -OCH3 is 1. The van der Waals surface area contributed by atoms with E-state index >= 15 is 0 Å². The van der Waals surface area contributed by atoms with Crippen LogP contribution in [0.1, 0.15) is 12.5 Å². The Morgan fingerprint density at radius 1 is 1.26 bits per heavy atom. The number of amides is 1. The third-order valence-corrected chi connectivity index (χ3v) is 3.34. The van der Waals surface area contributed by atoms with Crippen LogP contribution >= 0.6 is 0 Å². The monoisotopic (exact) mass is 307 g/mol. The van der Waals surface area contributed by atoms with Crippen LogP contribution in [0.4, 0.5) is 4.39 Å². The van der Waals surface area contributed by atoms with Crippen LogP contribution in [0.5, 0.6) is 5.75 Å². The Morgan fingerprint density at radius 3 is 2.61 bits per heavy atom. The van der Waals surface area contributed by atoms with Gasteiger partial charge in [-0.05, 0) is 52.7 Å². The Bertz CT molecular complexity index is 719. The van der Waals surface area contributed by atoms with Crippen molar-refractivity contribution >= 4 is 21.6 Å². The second-order valence-electron chi connectivity index (χ2n) is 5.43. The molecule has 0 aromatic heterocycles. The zero-order valence-corrected chi connectivity index (χ0v) is 13.1. The molecule has 2 rings (SSSR count). The number of halogens is 1. The maximum absolute atomic E-state index is 13.5. The molecule has 1 amide bonds. The molecule has 1 N–H and O–H groups in total. The summed E-state index contributed by atoms with van der Waals surface area (Å²) in [5, 5.41) is 1.10. The summed E-state index contributed by atoms with van der Waals surface area (Å²) in [4.78, 5) is 11.2. The summed E-state index contributed by atoms with van der Waals surface area (Å²) in [7, 11) is 13.4. The van der Waals surface area contributed by atoms with Gasteiger partial charge in [-0.25, -0.2) is 4.39 Å². The first-order valence-corrected chi connectivity index (χ1v) is 7.10. The van der Waals surface area contributed by atoms with E-state index in [2.05, 4.69) is 5.32 Å². The molecule has 0 atom stereocenters. The summed E-state index contributed by atoms with van der Waals surface area (Å²) in [6, 6.07) is 11.6. The summed E-state index contributed by atoms with van der Waals surface area (Å²) < 4.78 is 18.8. The zero-order chi connectivity index (χ0) is 17.0. The molecule has 0 aliphatic carbocycles. The van der Waals surface area contributed by atoms with E-state index in [4.69, 9.17) is 20.4 Å².